The van der Waals surface area contributed by atoms with Crippen molar-refractivity contribution in [3.8, 4) is 5.75 Å². The third kappa shape index (κ3) is 4.87. The average Bonchev–Trinajstić information content (AvgIpc) is 3.08. The van der Waals surface area contributed by atoms with Gasteiger partial charge in [-0.05, 0) is 32.3 Å². The van der Waals surface area contributed by atoms with Crippen molar-refractivity contribution in [3.63, 3.8) is 0 Å². The van der Waals surface area contributed by atoms with E-state index in [9.17, 15) is 14.9 Å². The number of hydrogen-bond acceptors (Lipinski definition) is 7. The fraction of sp³-hybridized carbons (Fsp3) is 0.526. The number of amides is 1. The molecule has 0 bridgehead atoms. The first-order valence-electron chi connectivity index (χ1n) is 9.58. The zero-order chi connectivity index (χ0) is 21.0. The van der Waals surface area contributed by atoms with E-state index in [1.807, 2.05) is 6.92 Å². The third-order valence-electron chi connectivity index (χ3n) is 5.10. The molecule has 10 heteroatoms. The van der Waals surface area contributed by atoms with Crippen LogP contribution in [-0.2, 0) is 4.79 Å². The lowest BCUT2D eigenvalue weighted by Gasteiger charge is -2.24. The molecule has 0 radical (unpaired) electrons. The minimum Gasteiger partial charge on any atom is -0.490 e. The minimum atomic E-state index is -0.506. The Hall–Kier alpha value is -2.62. The molecular weight excluding hydrogens is 394 g/mol. The number of nitro benzene ring substituents is 1. The lowest BCUT2D eigenvalue weighted by Crippen LogP contribution is -2.18. The Balaban J connectivity index is 1.67. The highest BCUT2D eigenvalue weighted by molar-refractivity contribution is 7.99. The number of anilines is 1. The smallest absolute Gasteiger partial charge is 0.311 e. The first kappa shape index (κ1) is 21.1. The van der Waals surface area contributed by atoms with Gasteiger partial charge in [0.1, 0.15) is 5.82 Å². The van der Waals surface area contributed by atoms with Gasteiger partial charge in [0.2, 0.25) is 5.91 Å². The van der Waals surface area contributed by atoms with Crippen LogP contribution >= 0.6 is 11.8 Å². The molecule has 1 aliphatic carbocycles. The monoisotopic (exact) mass is 419 g/mol. The molecule has 0 unspecified atom stereocenters. The van der Waals surface area contributed by atoms with Gasteiger partial charge in [0.05, 0.1) is 17.8 Å². The lowest BCUT2D eigenvalue weighted by atomic mass is 9.95. The molecule has 1 aromatic heterocycles. The average molecular weight is 420 g/mol. The van der Waals surface area contributed by atoms with Gasteiger partial charge in [0.15, 0.2) is 10.9 Å². The normalized spacial score (nSPS) is 14.6. The van der Waals surface area contributed by atoms with Crippen LogP contribution in [0.25, 0.3) is 0 Å². The van der Waals surface area contributed by atoms with E-state index in [0.717, 1.165) is 23.8 Å². The number of carbonyl (C=O) groups excluding carboxylic acids is 1. The molecule has 1 fully saturated rings. The van der Waals surface area contributed by atoms with Crippen LogP contribution in [0.5, 0.6) is 5.75 Å². The molecule has 1 amide bonds. The topological polar surface area (TPSA) is 112 Å². The van der Waals surface area contributed by atoms with Gasteiger partial charge >= 0.3 is 5.69 Å². The summed E-state index contributed by atoms with van der Waals surface area (Å²) in [5.74, 6) is 0.931. The van der Waals surface area contributed by atoms with Crippen LogP contribution in [0.1, 0.15) is 49.5 Å². The van der Waals surface area contributed by atoms with E-state index in [-0.39, 0.29) is 23.1 Å². The zero-order valence-corrected chi connectivity index (χ0v) is 17.6. The van der Waals surface area contributed by atoms with E-state index < -0.39 is 4.92 Å². The molecule has 0 atom stereocenters. The van der Waals surface area contributed by atoms with Crippen LogP contribution in [0.3, 0.4) is 0 Å². The van der Waals surface area contributed by atoms with E-state index >= 15 is 0 Å². The number of methoxy groups -OCH3 is 1. The molecule has 1 aliphatic rings. The Morgan fingerprint density at radius 2 is 2.03 bits per heavy atom. The van der Waals surface area contributed by atoms with Gasteiger partial charge in [-0.25, -0.2) is 0 Å². The Labute approximate surface area is 173 Å². The molecule has 0 aliphatic heterocycles. The molecule has 2 aromatic rings. The zero-order valence-electron chi connectivity index (χ0n) is 16.8. The van der Waals surface area contributed by atoms with E-state index in [1.165, 1.54) is 50.3 Å². The number of rotatable bonds is 7. The summed E-state index contributed by atoms with van der Waals surface area (Å²) >= 11 is 1.35. The molecule has 3 rings (SSSR count). The van der Waals surface area contributed by atoms with E-state index in [2.05, 4.69) is 20.1 Å². The number of nitrogens with zero attached hydrogens (tertiary/aromatic N) is 4. The van der Waals surface area contributed by atoms with E-state index in [0.29, 0.717) is 17.3 Å². The molecule has 9 nitrogen and oxygen atoms in total. The minimum absolute atomic E-state index is 0.108. The number of thioether (sulfide) groups is 1. The quantitative estimate of drug-likeness (QED) is 0.409. The van der Waals surface area contributed by atoms with Crippen LogP contribution in [-0.4, -0.2) is 38.5 Å². The predicted molar refractivity (Wildman–Crippen MR) is 111 cm³/mol. The van der Waals surface area contributed by atoms with Gasteiger partial charge in [-0.2, -0.15) is 0 Å². The van der Waals surface area contributed by atoms with Crippen molar-refractivity contribution < 1.29 is 14.5 Å². The van der Waals surface area contributed by atoms with Gasteiger partial charge < -0.3 is 14.6 Å². The van der Waals surface area contributed by atoms with Crippen LogP contribution < -0.4 is 10.1 Å². The summed E-state index contributed by atoms with van der Waals surface area (Å²) in [5.41, 5.74) is 0.952. The first-order chi connectivity index (χ1) is 13.9. The highest BCUT2D eigenvalue weighted by Crippen LogP contribution is 2.34. The molecule has 1 N–H and O–H groups in total. The van der Waals surface area contributed by atoms with Crippen LogP contribution in [0, 0.1) is 24.0 Å². The third-order valence-corrected chi connectivity index (χ3v) is 6.05. The van der Waals surface area contributed by atoms with Gasteiger partial charge in [0.25, 0.3) is 0 Å². The second-order valence-corrected chi connectivity index (χ2v) is 8.07. The summed E-state index contributed by atoms with van der Waals surface area (Å²) in [7, 11) is 1.36. The van der Waals surface area contributed by atoms with Crippen LogP contribution in [0.15, 0.2) is 17.3 Å². The number of benzene rings is 1. The second kappa shape index (κ2) is 9.25. The van der Waals surface area contributed by atoms with Gasteiger partial charge in [-0.1, -0.05) is 31.0 Å². The number of carbonyl (C=O) groups is 1. The Bertz CT molecular complexity index is 908. The summed E-state index contributed by atoms with van der Waals surface area (Å²) in [4.78, 5) is 23.1. The van der Waals surface area contributed by atoms with Crippen molar-refractivity contribution in [2.24, 2.45) is 0 Å². The molecule has 1 saturated carbocycles. The molecule has 0 saturated heterocycles. The Morgan fingerprint density at radius 1 is 1.31 bits per heavy atom. The summed E-state index contributed by atoms with van der Waals surface area (Å²) in [6.07, 6.45) is 5.89. The van der Waals surface area contributed by atoms with Gasteiger partial charge in [-0.15, -0.1) is 10.2 Å². The molecule has 0 spiro atoms. The number of hydrogen-bond donors (Lipinski definition) is 1. The van der Waals surface area contributed by atoms with Crippen LogP contribution in [0.2, 0.25) is 0 Å². The fourth-order valence-electron chi connectivity index (χ4n) is 3.64. The van der Waals surface area contributed by atoms with Gasteiger partial charge in [-0.3, -0.25) is 14.9 Å². The highest BCUT2D eigenvalue weighted by Gasteiger charge is 2.22. The number of nitro groups is 1. The first-order valence-corrected chi connectivity index (χ1v) is 10.6. The standard InChI is InChI=1S/C19H25N5O4S/c1-12-9-16(24(26)27)17(28-3)10-15(12)20-18(25)11-29-19-22-21-13(2)23(19)14-7-5-4-6-8-14/h9-10,14H,4-8,11H2,1-3H3,(H,20,25). The van der Waals surface area contributed by atoms with E-state index in [4.69, 9.17) is 4.74 Å². The number of aryl methyl sites for hydroxylation is 2. The maximum absolute atomic E-state index is 12.5. The SMILES string of the molecule is COc1cc(NC(=O)CSc2nnc(C)n2C2CCCCC2)c(C)cc1[N+](=O)[O-]. The van der Waals surface area contributed by atoms with Crippen molar-refractivity contribution in [1.82, 2.24) is 14.8 Å². The predicted octanol–water partition coefficient (Wildman–Crippen LogP) is 4.05. The van der Waals surface area contributed by atoms with Crippen molar-refractivity contribution >= 4 is 29.0 Å². The summed E-state index contributed by atoms with van der Waals surface area (Å²) < 4.78 is 7.23. The number of nitrogens with one attached hydrogen (secondary N) is 1. The van der Waals surface area contributed by atoms with Crippen molar-refractivity contribution in [3.05, 3.63) is 33.6 Å². The molecule has 1 aromatic carbocycles. The van der Waals surface area contributed by atoms with E-state index in [1.54, 1.807) is 6.92 Å². The molecule has 29 heavy (non-hydrogen) atoms. The largest absolute Gasteiger partial charge is 0.490 e. The maximum atomic E-state index is 12.5. The Kier molecular flexibility index (Phi) is 6.73. The van der Waals surface area contributed by atoms with Crippen molar-refractivity contribution in [1.29, 1.82) is 0 Å². The summed E-state index contributed by atoms with van der Waals surface area (Å²) in [6, 6.07) is 3.26. The van der Waals surface area contributed by atoms with Crippen molar-refractivity contribution in [2.75, 3.05) is 18.2 Å². The van der Waals surface area contributed by atoms with Crippen LogP contribution in [0.4, 0.5) is 11.4 Å². The molecule has 1 heterocycles. The molecular formula is C19H25N5O4S. The number of ether oxygens (including phenoxy) is 1. The summed E-state index contributed by atoms with van der Waals surface area (Å²) in [6.45, 7) is 3.65. The fourth-order valence-corrected chi connectivity index (χ4v) is 4.49. The maximum Gasteiger partial charge on any atom is 0.311 e. The Morgan fingerprint density at radius 3 is 2.69 bits per heavy atom. The highest BCUT2D eigenvalue weighted by atomic mass is 32.2. The molecule has 156 valence electrons. The van der Waals surface area contributed by atoms with Crippen molar-refractivity contribution in [2.45, 2.75) is 57.1 Å². The second-order valence-electron chi connectivity index (χ2n) is 7.12. The number of aromatic nitrogens is 3. The van der Waals surface area contributed by atoms with Gasteiger partial charge in [0, 0.05) is 23.9 Å². The lowest BCUT2D eigenvalue weighted by molar-refractivity contribution is -0.385. The summed E-state index contributed by atoms with van der Waals surface area (Å²) in [5, 5.41) is 23.1.